The van der Waals surface area contributed by atoms with Crippen LogP contribution in [0.5, 0.6) is 0 Å². The van der Waals surface area contributed by atoms with E-state index in [1.807, 2.05) is 0 Å². The van der Waals surface area contributed by atoms with Crippen LogP contribution in [-0.4, -0.2) is 31.8 Å². The number of nitrogens with one attached hydrogen (secondary N) is 1. The minimum Gasteiger partial charge on any atom is -0.342 e. The highest BCUT2D eigenvalue weighted by atomic mass is 32.1. The molecule has 0 aromatic carbocycles. The van der Waals surface area contributed by atoms with Gasteiger partial charge < -0.3 is 10.2 Å². The van der Waals surface area contributed by atoms with Crippen LogP contribution in [-0.2, 0) is 6.54 Å². The molecule has 0 aliphatic heterocycles. The molecular weight excluding hydrogens is 227 g/mol. The van der Waals surface area contributed by atoms with E-state index in [1.54, 1.807) is 13.2 Å². The van der Waals surface area contributed by atoms with Gasteiger partial charge >= 0.3 is 6.18 Å². The highest BCUT2D eigenvalue weighted by molar-refractivity contribution is 7.15. The van der Waals surface area contributed by atoms with Gasteiger partial charge in [0.15, 0.2) is 5.13 Å². The average molecular weight is 239 g/mol. The summed E-state index contributed by atoms with van der Waals surface area (Å²) in [5, 5.41) is 3.30. The summed E-state index contributed by atoms with van der Waals surface area (Å²) in [5.41, 5.74) is 0. The maximum atomic E-state index is 12.1. The molecule has 86 valence electrons. The third-order valence-electron chi connectivity index (χ3n) is 1.64. The summed E-state index contributed by atoms with van der Waals surface area (Å²) in [7, 11) is 3.16. The van der Waals surface area contributed by atoms with Crippen molar-refractivity contribution in [3.63, 3.8) is 0 Å². The molecule has 1 heterocycles. The van der Waals surface area contributed by atoms with Crippen LogP contribution in [0.15, 0.2) is 6.20 Å². The minimum atomic E-state index is -4.19. The van der Waals surface area contributed by atoms with Gasteiger partial charge in [0.2, 0.25) is 0 Å². The van der Waals surface area contributed by atoms with Crippen molar-refractivity contribution in [2.24, 2.45) is 0 Å². The summed E-state index contributed by atoms with van der Waals surface area (Å²) in [6.07, 6.45) is -2.60. The number of alkyl halides is 3. The second-order valence-electron chi connectivity index (χ2n) is 3.11. The Balaban J connectivity index is 2.61. The SMILES string of the molecule is CNCc1cnc(N(C)CC(F)(F)F)s1. The maximum Gasteiger partial charge on any atom is 0.405 e. The lowest BCUT2D eigenvalue weighted by Gasteiger charge is -2.17. The molecule has 1 aromatic heterocycles. The molecule has 0 aliphatic carbocycles. The zero-order chi connectivity index (χ0) is 11.5. The molecule has 0 amide bonds. The van der Waals surface area contributed by atoms with Crippen molar-refractivity contribution in [2.75, 3.05) is 25.5 Å². The smallest absolute Gasteiger partial charge is 0.342 e. The maximum absolute atomic E-state index is 12.1. The van der Waals surface area contributed by atoms with Gasteiger partial charge in [0.1, 0.15) is 6.54 Å². The molecule has 0 unspecified atom stereocenters. The molecule has 15 heavy (non-hydrogen) atoms. The van der Waals surface area contributed by atoms with Gasteiger partial charge in [0, 0.05) is 24.7 Å². The number of hydrogen-bond donors (Lipinski definition) is 1. The van der Waals surface area contributed by atoms with Crippen molar-refractivity contribution in [3.05, 3.63) is 11.1 Å². The molecule has 1 aromatic rings. The van der Waals surface area contributed by atoms with Crippen LogP contribution < -0.4 is 10.2 Å². The lowest BCUT2D eigenvalue weighted by molar-refractivity contribution is -0.119. The first-order valence-electron chi connectivity index (χ1n) is 4.29. The van der Waals surface area contributed by atoms with Gasteiger partial charge in [-0.3, -0.25) is 0 Å². The number of aromatic nitrogens is 1. The number of rotatable bonds is 4. The normalized spacial score (nSPS) is 11.8. The van der Waals surface area contributed by atoms with Crippen molar-refractivity contribution in [1.29, 1.82) is 0 Å². The van der Waals surface area contributed by atoms with Crippen LogP contribution in [0.1, 0.15) is 4.88 Å². The fourth-order valence-corrected chi connectivity index (χ4v) is 1.95. The fourth-order valence-electron chi connectivity index (χ4n) is 1.07. The number of hydrogen-bond acceptors (Lipinski definition) is 4. The van der Waals surface area contributed by atoms with Gasteiger partial charge in [0.05, 0.1) is 0 Å². The second-order valence-corrected chi connectivity index (χ2v) is 4.20. The van der Waals surface area contributed by atoms with Crippen molar-refractivity contribution >= 4 is 16.5 Å². The highest BCUT2D eigenvalue weighted by Crippen LogP contribution is 2.24. The summed E-state index contributed by atoms with van der Waals surface area (Å²) in [6, 6.07) is 0. The van der Waals surface area contributed by atoms with E-state index in [4.69, 9.17) is 0 Å². The van der Waals surface area contributed by atoms with Crippen LogP contribution >= 0.6 is 11.3 Å². The van der Waals surface area contributed by atoms with Gasteiger partial charge in [-0.1, -0.05) is 0 Å². The molecule has 0 aliphatic rings. The fraction of sp³-hybridized carbons (Fsp3) is 0.625. The Morgan fingerprint density at radius 1 is 1.53 bits per heavy atom. The first kappa shape index (κ1) is 12.3. The molecule has 0 saturated heterocycles. The Morgan fingerprint density at radius 2 is 2.20 bits per heavy atom. The number of thiazole rings is 1. The molecule has 0 atom stereocenters. The molecule has 0 spiro atoms. The Bertz CT molecular complexity index is 310. The lowest BCUT2D eigenvalue weighted by atomic mass is 10.5. The van der Waals surface area contributed by atoms with Crippen molar-refractivity contribution in [2.45, 2.75) is 12.7 Å². The molecule has 0 saturated carbocycles. The topological polar surface area (TPSA) is 28.2 Å². The Morgan fingerprint density at radius 3 is 2.73 bits per heavy atom. The lowest BCUT2D eigenvalue weighted by Crippen LogP contribution is -2.30. The zero-order valence-electron chi connectivity index (χ0n) is 8.43. The predicted octanol–water partition coefficient (Wildman–Crippen LogP) is 1.86. The van der Waals surface area contributed by atoms with Gasteiger partial charge in [0.25, 0.3) is 0 Å². The predicted molar refractivity (Wildman–Crippen MR) is 54.2 cm³/mol. The summed E-state index contributed by atoms with van der Waals surface area (Å²) >= 11 is 1.26. The van der Waals surface area contributed by atoms with Crippen LogP contribution in [0.25, 0.3) is 0 Å². The van der Waals surface area contributed by atoms with E-state index in [-0.39, 0.29) is 0 Å². The molecule has 0 fully saturated rings. The summed E-state index contributed by atoms with van der Waals surface area (Å²) < 4.78 is 36.2. The second kappa shape index (κ2) is 4.80. The van der Waals surface area contributed by atoms with E-state index >= 15 is 0 Å². The van der Waals surface area contributed by atoms with E-state index in [2.05, 4.69) is 10.3 Å². The van der Waals surface area contributed by atoms with E-state index < -0.39 is 12.7 Å². The Kier molecular flexibility index (Phi) is 3.92. The third-order valence-corrected chi connectivity index (χ3v) is 2.75. The molecule has 1 rings (SSSR count). The highest BCUT2D eigenvalue weighted by Gasteiger charge is 2.30. The monoisotopic (exact) mass is 239 g/mol. The van der Waals surface area contributed by atoms with E-state index in [0.29, 0.717) is 11.7 Å². The third kappa shape index (κ3) is 4.05. The number of halogens is 3. The molecule has 7 heteroatoms. The van der Waals surface area contributed by atoms with Gasteiger partial charge in [-0.05, 0) is 7.05 Å². The number of nitrogens with zero attached hydrogens (tertiary/aromatic N) is 2. The number of anilines is 1. The Hall–Kier alpha value is -0.820. The molecule has 1 N–H and O–H groups in total. The van der Waals surface area contributed by atoms with Crippen LogP contribution in [0.4, 0.5) is 18.3 Å². The van der Waals surface area contributed by atoms with Gasteiger partial charge in [-0.2, -0.15) is 13.2 Å². The summed E-state index contributed by atoms with van der Waals surface area (Å²) in [4.78, 5) is 5.94. The standard InChI is InChI=1S/C8H12F3N3S/c1-12-3-6-4-13-7(15-6)14(2)5-8(9,10)11/h4,12H,3,5H2,1-2H3. The van der Waals surface area contributed by atoms with E-state index in [9.17, 15) is 13.2 Å². The molecular formula is C8H12F3N3S. The molecule has 0 bridgehead atoms. The molecule has 3 nitrogen and oxygen atoms in total. The zero-order valence-corrected chi connectivity index (χ0v) is 9.24. The van der Waals surface area contributed by atoms with Gasteiger partial charge in [-0.15, -0.1) is 11.3 Å². The van der Waals surface area contributed by atoms with E-state index in [0.717, 1.165) is 9.78 Å². The largest absolute Gasteiger partial charge is 0.405 e. The quantitative estimate of drug-likeness (QED) is 0.869. The van der Waals surface area contributed by atoms with Crippen molar-refractivity contribution < 1.29 is 13.2 Å². The molecule has 0 radical (unpaired) electrons. The van der Waals surface area contributed by atoms with Crippen LogP contribution in [0.2, 0.25) is 0 Å². The van der Waals surface area contributed by atoms with Crippen LogP contribution in [0.3, 0.4) is 0 Å². The first-order chi connectivity index (χ1) is 6.92. The Labute approximate surface area is 89.9 Å². The minimum absolute atomic E-state index is 0.387. The summed E-state index contributed by atoms with van der Waals surface area (Å²) in [5.74, 6) is 0. The van der Waals surface area contributed by atoms with E-state index in [1.165, 1.54) is 18.4 Å². The average Bonchev–Trinajstić information content (AvgIpc) is 2.50. The van der Waals surface area contributed by atoms with Crippen LogP contribution in [0, 0.1) is 0 Å². The van der Waals surface area contributed by atoms with Crippen molar-refractivity contribution in [1.82, 2.24) is 10.3 Å². The first-order valence-corrected chi connectivity index (χ1v) is 5.11. The van der Waals surface area contributed by atoms with Gasteiger partial charge in [-0.25, -0.2) is 4.98 Å². The summed E-state index contributed by atoms with van der Waals surface area (Å²) in [6.45, 7) is -0.350. The van der Waals surface area contributed by atoms with Crippen molar-refractivity contribution in [3.8, 4) is 0 Å².